The quantitative estimate of drug-likeness (QED) is 0.433. The summed E-state index contributed by atoms with van der Waals surface area (Å²) in [7, 11) is 3.35. The van der Waals surface area contributed by atoms with E-state index >= 15 is 0 Å². The highest BCUT2D eigenvalue weighted by Gasteiger charge is 2.24. The molecule has 8 nitrogen and oxygen atoms in total. The zero-order valence-corrected chi connectivity index (χ0v) is 19.6. The molecule has 1 aromatic heterocycles. The van der Waals surface area contributed by atoms with Gasteiger partial charge in [0, 0.05) is 61.3 Å². The molecule has 2 heterocycles. The minimum atomic E-state index is 0.287. The lowest BCUT2D eigenvalue weighted by atomic mass is 10.2. The third-order valence-corrected chi connectivity index (χ3v) is 5.28. The zero-order valence-electron chi connectivity index (χ0n) is 19.6. The van der Waals surface area contributed by atoms with Gasteiger partial charge in [0.05, 0.1) is 27.4 Å². The number of nitrogens with one attached hydrogen (secondary N) is 2. The average molecular weight is 442 g/mol. The fourth-order valence-electron chi connectivity index (χ4n) is 3.64. The Labute approximate surface area is 191 Å². The van der Waals surface area contributed by atoms with Crippen LogP contribution in [0.2, 0.25) is 0 Å². The van der Waals surface area contributed by atoms with Crippen LogP contribution in [0.3, 0.4) is 0 Å². The van der Waals surface area contributed by atoms with Gasteiger partial charge >= 0.3 is 0 Å². The van der Waals surface area contributed by atoms with Crippen molar-refractivity contribution in [3.63, 3.8) is 0 Å². The van der Waals surface area contributed by atoms with Crippen molar-refractivity contribution in [2.24, 2.45) is 4.99 Å². The Morgan fingerprint density at radius 2 is 1.97 bits per heavy atom. The molecule has 0 aliphatic carbocycles. The molecule has 0 spiro atoms. The maximum atomic E-state index is 5.76. The lowest BCUT2D eigenvalue weighted by Gasteiger charge is -2.21. The van der Waals surface area contributed by atoms with Gasteiger partial charge in [-0.15, -0.1) is 0 Å². The van der Waals surface area contributed by atoms with Crippen LogP contribution in [-0.4, -0.2) is 57.4 Å². The summed E-state index contributed by atoms with van der Waals surface area (Å²) in [6.07, 6.45) is 3.71. The zero-order chi connectivity index (χ0) is 22.8. The molecule has 1 fully saturated rings. The number of hydrogen-bond acceptors (Lipinski definition) is 6. The number of aliphatic imine (C=N–C) groups is 1. The fraction of sp³-hybridized carbons (Fsp3) is 0.500. The molecule has 32 heavy (non-hydrogen) atoms. The minimum absolute atomic E-state index is 0.287. The van der Waals surface area contributed by atoms with E-state index in [1.807, 2.05) is 30.3 Å². The van der Waals surface area contributed by atoms with Gasteiger partial charge in [-0.05, 0) is 25.8 Å². The van der Waals surface area contributed by atoms with Gasteiger partial charge in [-0.3, -0.25) is 0 Å². The third kappa shape index (κ3) is 6.42. The van der Waals surface area contributed by atoms with E-state index in [1.54, 1.807) is 20.4 Å². The normalized spacial score (nSPS) is 16.1. The van der Waals surface area contributed by atoms with E-state index in [9.17, 15) is 0 Å². The van der Waals surface area contributed by atoms with Gasteiger partial charge < -0.3 is 29.7 Å². The van der Waals surface area contributed by atoms with Crippen molar-refractivity contribution in [3.05, 3.63) is 42.1 Å². The van der Waals surface area contributed by atoms with Crippen LogP contribution in [0.15, 0.2) is 41.5 Å². The number of ether oxygens (including phenoxy) is 3. The number of benzene rings is 1. The summed E-state index contributed by atoms with van der Waals surface area (Å²) in [5.41, 5.74) is 2.08. The van der Waals surface area contributed by atoms with E-state index in [4.69, 9.17) is 19.2 Å². The summed E-state index contributed by atoms with van der Waals surface area (Å²) in [6, 6.07) is 10.2. The molecule has 0 amide bonds. The van der Waals surface area contributed by atoms with Gasteiger partial charge in [-0.2, -0.15) is 0 Å². The third-order valence-electron chi connectivity index (χ3n) is 5.28. The molecule has 0 saturated carbocycles. The Morgan fingerprint density at radius 3 is 2.66 bits per heavy atom. The second kappa shape index (κ2) is 12.0. The van der Waals surface area contributed by atoms with Gasteiger partial charge in [-0.1, -0.05) is 13.0 Å². The number of aromatic nitrogens is 1. The van der Waals surface area contributed by atoms with Gasteiger partial charge in [0.1, 0.15) is 11.5 Å². The van der Waals surface area contributed by atoms with E-state index in [0.717, 1.165) is 61.2 Å². The molecule has 8 heteroatoms. The Morgan fingerprint density at radius 1 is 1.19 bits per heavy atom. The fourth-order valence-corrected chi connectivity index (χ4v) is 3.64. The van der Waals surface area contributed by atoms with Crippen LogP contribution in [0.5, 0.6) is 17.4 Å². The van der Waals surface area contributed by atoms with Crippen molar-refractivity contribution in [2.75, 3.05) is 45.4 Å². The minimum Gasteiger partial charge on any atom is -0.497 e. The predicted molar refractivity (Wildman–Crippen MR) is 128 cm³/mol. The molecular weight excluding hydrogens is 406 g/mol. The number of rotatable bonds is 10. The molecule has 1 aromatic carbocycles. The highest BCUT2D eigenvalue weighted by atomic mass is 16.5. The van der Waals surface area contributed by atoms with E-state index in [-0.39, 0.29) is 6.04 Å². The number of methoxy groups -OCH3 is 2. The van der Waals surface area contributed by atoms with Crippen LogP contribution in [0.4, 0.5) is 5.69 Å². The SMILES string of the molecule is CCCOc1ncccc1CN=C(NCC)NC1CCN(c2cc(OC)cc(OC)c2)C1. The molecule has 0 bridgehead atoms. The highest BCUT2D eigenvalue weighted by Crippen LogP contribution is 2.30. The van der Waals surface area contributed by atoms with Crippen molar-refractivity contribution < 1.29 is 14.2 Å². The monoisotopic (exact) mass is 441 g/mol. The Bertz CT molecular complexity index is 867. The van der Waals surface area contributed by atoms with Crippen molar-refractivity contribution in [2.45, 2.75) is 39.3 Å². The van der Waals surface area contributed by atoms with Gasteiger partial charge in [0.15, 0.2) is 5.96 Å². The first-order chi connectivity index (χ1) is 15.7. The van der Waals surface area contributed by atoms with Gasteiger partial charge in [0.2, 0.25) is 5.88 Å². The lowest BCUT2D eigenvalue weighted by Crippen LogP contribution is -2.44. The predicted octanol–water partition coefficient (Wildman–Crippen LogP) is 3.22. The summed E-state index contributed by atoms with van der Waals surface area (Å²) in [5.74, 6) is 3.05. The Hall–Kier alpha value is -3.16. The van der Waals surface area contributed by atoms with Crippen LogP contribution < -0.4 is 29.7 Å². The molecule has 1 saturated heterocycles. The van der Waals surface area contributed by atoms with Crippen LogP contribution in [-0.2, 0) is 6.54 Å². The first-order valence-corrected chi connectivity index (χ1v) is 11.3. The van der Waals surface area contributed by atoms with E-state index < -0.39 is 0 Å². The molecule has 0 radical (unpaired) electrons. The maximum absolute atomic E-state index is 5.76. The Balaban J connectivity index is 1.65. The van der Waals surface area contributed by atoms with Crippen molar-refractivity contribution in [1.29, 1.82) is 0 Å². The molecular formula is C24H35N5O3. The number of anilines is 1. The van der Waals surface area contributed by atoms with Crippen molar-refractivity contribution in [1.82, 2.24) is 15.6 Å². The van der Waals surface area contributed by atoms with Crippen molar-refractivity contribution in [3.8, 4) is 17.4 Å². The maximum Gasteiger partial charge on any atom is 0.218 e. The highest BCUT2D eigenvalue weighted by molar-refractivity contribution is 5.80. The first-order valence-electron chi connectivity index (χ1n) is 11.3. The summed E-state index contributed by atoms with van der Waals surface area (Å²) in [4.78, 5) is 11.5. The van der Waals surface area contributed by atoms with E-state index in [1.165, 1.54) is 0 Å². The molecule has 174 valence electrons. The molecule has 1 aliphatic rings. The van der Waals surface area contributed by atoms with E-state index in [0.29, 0.717) is 19.0 Å². The number of pyridine rings is 1. The average Bonchev–Trinajstić information content (AvgIpc) is 3.30. The number of guanidine groups is 1. The van der Waals surface area contributed by atoms with Crippen LogP contribution >= 0.6 is 0 Å². The summed E-state index contributed by atoms with van der Waals surface area (Å²) in [6.45, 7) is 7.93. The number of hydrogen-bond donors (Lipinski definition) is 2. The number of nitrogens with zero attached hydrogens (tertiary/aromatic N) is 3. The molecule has 1 atom stereocenters. The molecule has 2 aromatic rings. The molecule has 2 N–H and O–H groups in total. The summed E-state index contributed by atoms with van der Waals surface area (Å²) >= 11 is 0. The second-order valence-corrected chi connectivity index (χ2v) is 7.66. The van der Waals surface area contributed by atoms with Crippen molar-refractivity contribution >= 4 is 11.6 Å². The summed E-state index contributed by atoms with van der Waals surface area (Å²) < 4.78 is 16.6. The molecule has 1 unspecified atom stereocenters. The topological polar surface area (TPSA) is 80.2 Å². The second-order valence-electron chi connectivity index (χ2n) is 7.66. The van der Waals surface area contributed by atoms with Gasteiger partial charge in [-0.25, -0.2) is 9.98 Å². The van der Waals surface area contributed by atoms with Crippen LogP contribution in [0.25, 0.3) is 0 Å². The van der Waals surface area contributed by atoms with Crippen LogP contribution in [0, 0.1) is 0 Å². The van der Waals surface area contributed by atoms with Gasteiger partial charge in [0.25, 0.3) is 0 Å². The lowest BCUT2D eigenvalue weighted by molar-refractivity contribution is 0.302. The van der Waals surface area contributed by atoms with E-state index in [2.05, 4.69) is 34.4 Å². The molecule has 1 aliphatic heterocycles. The molecule has 3 rings (SSSR count). The smallest absolute Gasteiger partial charge is 0.218 e. The largest absolute Gasteiger partial charge is 0.497 e. The first kappa shape index (κ1) is 23.5. The standard InChI is InChI=1S/C24H35N5O3/c1-5-12-32-23-18(8-7-10-26-23)16-27-24(25-6-2)28-19-9-11-29(17-19)20-13-21(30-3)15-22(14-20)31-4/h7-8,10,13-15,19H,5-6,9,11-12,16-17H2,1-4H3,(H2,25,27,28). The Kier molecular flexibility index (Phi) is 8.83. The summed E-state index contributed by atoms with van der Waals surface area (Å²) in [5, 5.41) is 6.93. The van der Waals surface area contributed by atoms with Crippen LogP contribution in [0.1, 0.15) is 32.3 Å².